The summed E-state index contributed by atoms with van der Waals surface area (Å²) in [5.41, 5.74) is 1.43. The molecule has 0 aliphatic carbocycles. The van der Waals surface area contributed by atoms with Gasteiger partial charge in [-0.15, -0.1) is 11.3 Å². The zero-order valence-corrected chi connectivity index (χ0v) is 16.7. The first-order valence-electron chi connectivity index (χ1n) is 8.93. The second kappa shape index (κ2) is 7.96. The highest BCUT2D eigenvalue weighted by molar-refractivity contribution is 7.92. The van der Waals surface area contributed by atoms with E-state index < -0.39 is 10.0 Å². The molecule has 0 radical (unpaired) electrons. The molecule has 9 heteroatoms. The molecule has 0 atom stereocenters. The predicted octanol–water partition coefficient (Wildman–Crippen LogP) is 2.10. The number of rotatable bonds is 5. The zero-order valence-electron chi connectivity index (χ0n) is 15.1. The van der Waals surface area contributed by atoms with Crippen LogP contribution in [0.4, 0.5) is 0 Å². The Morgan fingerprint density at radius 2 is 1.86 bits per heavy atom. The van der Waals surface area contributed by atoms with E-state index in [1.165, 1.54) is 21.1 Å². The van der Waals surface area contributed by atoms with Gasteiger partial charge in [-0.25, -0.2) is 13.4 Å². The van der Waals surface area contributed by atoms with E-state index in [0.29, 0.717) is 48.8 Å². The van der Waals surface area contributed by atoms with Crippen LogP contribution in [0.3, 0.4) is 0 Å². The molecular formula is C19H20N4O3S2. The number of sulfonamides is 1. The van der Waals surface area contributed by atoms with Crippen LogP contribution in [-0.2, 0) is 16.6 Å². The second-order valence-electron chi connectivity index (χ2n) is 6.58. The standard InChI is InChI=1S/C19H20N4O3S2/c24-19-18-16(6-12-27-18)20-17(21-19)14-22-8-10-23(11-9-22)28(25,26)13-7-15-4-2-1-3-5-15/h1-7,12-13H,8-11,14H2,(H,20,21,24). The smallest absolute Gasteiger partial charge is 0.268 e. The molecule has 1 saturated heterocycles. The molecule has 0 amide bonds. The molecule has 146 valence electrons. The van der Waals surface area contributed by atoms with Crippen molar-refractivity contribution in [3.05, 3.63) is 68.9 Å². The van der Waals surface area contributed by atoms with Crippen LogP contribution in [0.1, 0.15) is 11.4 Å². The highest BCUT2D eigenvalue weighted by atomic mass is 32.2. The summed E-state index contributed by atoms with van der Waals surface area (Å²) in [6.45, 7) is 2.49. The molecule has 1 N–H and O–H groups in total. The summed E-state index contributed by atoms with van der Waals surface area (Å²) in [6, 6.07) is 11.2. The van der Waals surface area contributed by atoms with Crippen molar-refractivity contribution in [3.8, 4) is 0 Å². The topological polar surface area (TPSA) is 86.4 Å². The molecular weight excluding hydrogens is 396 g/mol. The lowest BCUT2D eigenvalue weighted by Gasteiger charge is -2.32. The maximum Gasteiger partial charge on any atom is 0.268 e. The van der Waals surface area contributed by atoms with Crippen molar-refractivity contribution in [3.63, 3.8) is 0 Å². The monoisotopic (exact) mass is 416 g/mol. The van der Waals surface area contributed by atoms with Gasteiger partial charge in [0.25, 0.3) is 5.56 Å². The Labute approximate surface area is 167 Å². The Kier molecular flexibility index (Phi) is 5.40. The highest BCUT2D eigenvalue weighted by Gasteiger charge is 2.25. The zero-order chi connectivity index (χ0) is 19.6. The van der Waals surface area contributed by atoms with E-state index in [2.05, 4.69) is 14.9 Å². The molecule has 0 bridgehead atoms. The van der Waals surface area contributed by atoms with Crippen LogP contribution in [0.2, 0.25) is 0 Å². The number of aromatic nitrogens is 2. The summed E-state index contributed by atoms with van der Waals surface area (Å²) >= 11 is 1.38. The van der Waals surface area contributed by atoms with Gasteiger partial charge in [0.05, 0.1) is 12.1 Å². The number of piperazine rings is 1. The van der Waals surface area contributed by atoms with Gasteiger partial charge in [0.2, 0.25) is 10.0 Å². The number of nitrogens with zero attached hydrogens (tertiary/aromatic N) is 3. The molecule has 1 aliphatic heterocycles. The lowest BCUT2D eigenvalue weighted by atomic mass is 10.2. The molecule has 0 spiro atoms. The van der Waals surface area contributed by atoms with Gasteiger partial charge in [0.15, 0.2) is 0 Å². The molecule has 28 heavy (non-hydrogen) atoms. The maximum atomic E-state index is 12.5. The van der Waals surface area contributed by atoms with E-state index >= 15 is 0 Å². The highest BCUT2D eigenvalue weighted by Crippen LogP contribution is 2.16. The van der Waals surface area contributed by atoms with Crippen LogP contribution in [0.25, 0.3) is 16.3 Å². The number of aromatic amines is 1. The molecule has 3 heterocycles. The Hall–Kier alpha value is -2.33. The van der Waals surface area contributed by atoms with Gasteiger partial charge in [0, 0.05) is 31.6 Å². The fraction of sp³-hybridized carbons (Fsp3) is 0.263. The average molecular weight is 417 g/mol. The molecule has 1 aliphatic rings. The molecule has 7 nitrogen and oxygen atoms in total. The van der Waals surface area contributed by atoms with Gasteiger partial charge >= 0.3 is 0 Å². The first kappa shape index (κ1) is 19.0. The van der Waals surface area contributed by atoms with Gasteiger partial charge in [-0.1, -0.05) is 30.3 Å². The van der Waals surface area contributed by atoms with Crippen LogP contribution in [-0.4, -0.2) is 53.8 Å². The van der Waals surface area contributed by atoms with Crippen molar-refractivity contribution >= 4 is 37.7 Å². The molecule has 1 fully saturated rings. The number of H-pyrrole nitrogens is 1. The summed E-state index contributed by atoms with van der Waals surface area (Å²) in [5.74, 6) is 0.608. The number of benzene rings is 1. The lowest BCUT2D eigenvalue weighted by molar-refractivity contribution is 0.179. The summed E-state index contributed by atoms with van der Waals surface area (Å²) in [4.78, 5) is 21.5. The van der Waals surface area contributed by atoms with Crippen LogP contribution in [0.5, 0.6) is 0 Å². The van der Waals surface area contributed by atoms with Crippen molar-refractivity contribution in [2.75, 3.05) is 26.2 Å². The normalized spacial score (nSPS) is 16.9. The Balaban J connectivity index is 1.38. The van der Waals surface area contributed by atoms with Gasteiger partial charge in [-0.05, 0) is 23.1 Å². The lowest BCUT2D eigenvalue weighted by Crippen LogP contribution is -2.47. The molecule has 2 aromatic heterocycles. The van der Waals surface area contributed by atoms with Crippen molar-refractivity contribution in [2.24, 2.45) is 0 Å². The number of nitrogens with one attached hydrogen (secondary N) is 1. The van der Waals surface area contributed by atoms with E-state index in [1.807, 2.05) is 41.8 Å². The number of hydrogen-bond acceptors (Lipinski definition) is 6. The molecule has 1 aromatic carbocycles. The Morgan fingerprint density at radius 1 is 1.11 bits per heavy atom. The van der Waals surface area contributed by atoms with E-state index in [4.69, 9.17) is 0 Å². The Bertz CT molecular complexity index is 1140. The fourth-order valence-electron chi connectivity index (χ4n) is 3.17. The number of hydrogen-bond donors (Lipinski definition) is 1. The molecule has 0 unspecified atom stereocenters. The summed E-state index contributed by atoms with van der Waals surface area (Å²) < 4.78 is 27.2. The quantitative estimate of drug-likeness (QED) is 0.688. The van der Waals surface area contributed by atoms with Crippen LogP contribution >= 0.6 is 11.3 Å². The number of fused-ring (bicyclic) bond motifs is 1. The summed E-state index contributed by atoms with van der Waals surface area (Å²) in [5, 5.41) is 3.12. The number of thiophene rings is 1. The first-order chi connectivity index (χ1) is 13.5. The fourth-order valence-corrected chi connectivity index (χ4v) is 5.06. The molecule has 3 aromatic rings. The van der Waals surface area contributed by atoms with E-state index in [1.54, 1.807) is 6.08 Å². The molecule has 4 rings (SSSR count). The predicted molar refractivity (Wildman–Crippen MR) is 111 cm³/mol. The third-order valence-corrected chi connectivity index (χ3v) is 7.13. The average Bonchev–Trinajstić information content (AvgIpc) is 3.17. The molecule has 0 saturated carbocycles. The minimum atomic E-state index is -3.45. The van der Waals surface area contributed by atoms with Gasteiger partial charge in [-0.3, -0.25) is 9.69 Å². The van der Waals surface area contributed by atoms with Crippen molar-refractivity contribution in [2.45, 2.75) is 6.54 Å². The summed E-state index contributed by atoms with van der Waals surface area (Å²) in [7, 11) is -3.45. The minimum Gasteiger partial charge on any atom is -0.308 e. The second-order valence-corrected chi connectivity index (χ2v) is 9.32. The first-order valence-corrected chi connectivity index (χ1v) is 11.3. The van der Waals surface area contributed by atoms with Crippen LogP contribution in [0, 0.1) is 0 Å². The van der Waals surface area contributed by atoms with Crippen LogP contribution < -0.4 is 5.56 Å². The van der Waals surface area contributed by atoms with Crippen LogP contribution in [0.15, 0.2) is 52.0 Å². The van der Waals surface area contributed by atoms with Crippen molar-refractivity contribution in [1.82, 2.24) is 19.2 Å². The van der Waals surface area contributed by atoms with E-state index in [-0.39, 0.29) is 5.56 Å². The van der Waals surface area contributed by atoms with Crippen molar-refractivity contribution in [1.29, 1.82) is 0 Å². The van der Waals surface area contributed by atoms with Gasteiger partial charge in [0.1, 0.15) is 10.5 Å². The van der Waals surface area contributed by atoms with E-state index in [0.717, 1.165) is 5.56 Å². The van der Waals surface area contributed by atoms with Gasteiger partial charge in [-0.2, -0.15) is 4.31 Å². The van der Waals surface area contributed by atoms with E-state index in [9.17, 15) is 13.2 Å². The van der Waals surface area contributed by atoms with Crippen molar-refractivity contribution < 1.29 is 8.42 Å². The Morgan fingerprint density at radius 3 is 2.61 bits per heavy atom. The minimum absolute atomic E-state index is 0.123. The maximum absolute atomic E-state index is 12.5. The largest absolute Gasteiger partial charge is 0.308 e. The van der Waals surface area contributed by atoms with Gasteiger partial charge < -0.3 is 4.98 Å². The third-order valence-electron chi connectivity index (χ3n) is 4.66. The summed E-state index contributed by atoms with van der Waals surface area (Å²) in [6.07, 6.45) is 1.62. The SMILES string of the molecule is O=c1[nH]c(CN2CCN(S(=O)(=O)C=Cc3ccccc3)CC2)nc2ccsc12. The third kappa shape index (κ3) is 4.22.